The predicted molar refractivity (Wildman–Crippen MR) is 112 cm³/mol. The zero-order valence-corrected chi connectivity index (χ0v) is 17.9. The molecule has 0 aromatic heterocycles. The number of hydrogen-bond donors (Lipinski definition) is 0. The molecule has 1 aromatic rings. The zero-order chi connectivity index (χ0) is 17.9. The number of carbonyl (C=O) groups is 1. The number of benzene rings is 1. The Morgan fingerprint density at radius 1 is 1.42 bits per heavy atom. The molecule has 0 bridgehead atoms. The lowest BCUT2D eigenvalue weighted by molar-refractivity contribution is -0.122. The van der Waals surface area contributed by atoms with E-state index in [0.29, 0.717) is 34.0 Å². The molecule has 1 saturated heterocycles. The third-order valence-corrected chi connectivity index (χ3v) is 5.44. The molecule has 130 valence electrons. The molecule has 0 radical (unpaired) electrons. The summed E-state index contributed by atoms with van der Waals surface area (Å²) in [7, 11) is 1.61. The van der Waals surface area contributed by atoms with Gasteiger partial charge in [0.05, 0.1) is 22.2 Å². The summed E-state index contributed by atoms with van der Waals surface area (Å²) in [4.78, 5) is 14.9. The standard InChI is InChI=1S/C17H20INO3S2/c1-5-22-15-12(18)6-11(7-13(15)21-4)8-14-16(20)19(9-10(2)3)17(23)24-14/h6-8,10H,5,9H2,1-4H3. The molecule has 1 aliphatic rings. The molecular weight excluding hydrogens is 457 g/mol. The summed E-state index contributed by atoms with van der Waals surface area (Å²) >= 11 is 8.90. The van der Waals surface area contributed by atoms with Gasteiger partial charge < -0.3 is 9.47 Å². The number of carbonyl (C=O) groups excluding carboxylic acids is 1. The van der Waals surface area contributed by atoms with Crippen molar-refractivity contribution in [3.05, 3.63) is 26.2 Å². The number of nitrogens with zero attached hydrogens (tertiary/aromatic N) is 1. The summed E-state index contributed by atoms with van der Waals surface area (Å²) in [6.45, 7) is 7.29. The van der Waals surface area contributed by atoms with E-state index >= 15 is 0 Å². The lowest BCUT2D eigenvalue weighted by Crippen LogP contribution is -2.31. The number of amides is 1. The fourth-order valence-electron chi connectivity index (χ4n) is 2.28. The Balaban J connectivity index is 2.33. The molecule has 0 unspecified atom stereocenters. The Kier molecular flexibility index (Phi) is 6.94. The molecule has 0 N–H and O–H groups in total. The molecule has 0 atom stereocenters. The lowest BCUT2D eigenvalue weighted by atomic mass is 10.1. The molecular formula is C17H20INO3S2. The van der Waals surface area contributed by atoms with E-state index in [0.717, 1.165) is 14.9 Å². The van der Waals surface area contributed by atoms with Gasteiger partial charge in [0.1, 0.15) is 4.32 Å². The van der Waals surface area contributed by atoms with Crippen LogP contribution in [0.4, 0.5) is 0 Å². The SMILES string of the molecule is CCOc1c(I)cc(C=C2SC(=S)N(CC(C)C)C2=O)cc1OC. The Hall–Kier alpha value is -0.800. The lowest BCUT2D eigenvalue weighted by Gasteiger charge is -2.16. The molecule has 0 aliphatic carbocycles. The van der Waals surface area contributed by atoms with Crippen LogP contribution >= 0.6 is 46.6 Å². The van der Waals surface area contributed by atoms with E-state index in [-0.39, 0.29) is 5.91 Å². The third-order valence-electron chi connectivity index (χ3n) is 3.26. The first-order valence-electron chi connectivity index (χ1n) is 7.63. The zero-order valence-electron chi connectivity index (χ0n) is 14.1. The maximum absolute atomic E-state index is 12.6. The van der Waals surface area contributed by atoms with Crippen LogP contribution in [0.15, 0.2) is 17.0 Å². The first-order valence-corrected chi connectivity index (χ1v) is 9.93. The van der Waals surface area contributed by atoms with Crippen LogP contribution < -0.4 is 9.47 Å². The molecule has 4 nitrogen and oxygen atoms in total. The van der Waals surface area contributed by atoms with E-state index in [1.165, 1.54) is 11.8 Å². The molecule has 24 heavy (non-hydrogen) atoms. The van der Waals surface area contributed by atoms with Crippen molar-refractivity contribution in [1.29, 1.82) is 0 Å². The van der Waals surface area contributed by atoms with Gasteiger partial charge in [-0.1, -0.05) is 37.8 Å². The highest BCUT2D eigenvalue weighted by Gasteiger charge is 2.32. The molecule has 1 heterocycles. The first-order chi connectivity index (χ1) is 11.4. The second-order valence-corrected chi connectivity index (χ2v) is 8.49. The van der Waals surface area contributed by atoms with Crippen LogP contribution in [0.2, 0.25) is 0 Å². The van der Waals surface area contributed by atoms with Gasteiger partial charge in [-0.25, -0.2) is 0 Å². The molecule has 0 saturated carbocycles. The van der Waals surface area contributed by atoms with Crippen molar-refractivity contribution in [2.24, 2.45) is 5.92 Å². The van der Waals surface area contributed by atoms with Gasteiger partial charge in [-0.15, -0.1) is 0 Å². The van der Waals surface area contributed by atoms with Crippen LogP contribution in [0.1, 0.15) is 26.3 Å². The molecule has 1 aromatic carbocycles. The van der Waals surface area contributed by atoms with Gasteiger partial charge >= 0.3 is 0 Å². The van der Waals surface area contributed by atoms with Crippen molar-refractivity contribution in [1.82, 2.24) is 4.90 Å². The molecule has 1 amide bonds. The van der Waals surface area contributed by atoms with Crippen LogP contribution in [-0.2, 0) is 4.79 Å². The van der Waals surface area contributed by atoms with Crippen LogP contribution in [0.5, 0.6) is 11.5 Å². The van der Waals surface area contributed by atoms with E-state index in [2.05, 4.69) is 36.4 Å². The Morgan fingerprint density at radius 2 is 2.12 bits per heavy atom. The van der Waals surface area contributed by atoms with Gasteiger partial charge in [0.25, 0.3) is 5.91 Å². The van der Waals surface area contributed by atoms with Crippen LogP contribution in [-0.4, -0.2) is 35.4 Å². The largest absolute Gasteiger partial charge is 0.493 e. The number of methoxy groups -OCH3 is 1. The number of hydrogen-bond acceptors (Lipinski definition) is 5. The molecule has 7 heteroatoms. The Bertz CT molecular complexity index is 689. The maximum Gasteiger partial charge on any atom is 0.266 e. The number of rotatable bonds is 6. The maximum atomic E-state index is 12.6. The van der Waals surface area contributed by atoms with Crippen LogP contribution in [0, 0.1) is 9.49 Å². The quantitative estimate of drug-likeness (QED) is 0.342. The van der Waals surface area contributed by atoms with Gasteiger partial charge in [0.15, 0.2) is 11.5 Å². The van der Waals surface area contributed by atoms with Crippen molar-refractivity contribution in [2.45, 2.75) is 20.8 Å². The number of thioether (sulfide) groups is 1. The second kappa shape index (κ2) is 8.53. The number of ether oxygens (including phenoxy) is 2. The molecule has 1 fully saturated rings. The van der Waals surface area contributed by atoms with Crippen LogP contribution in [0.25, 0.3) is 6.08 Å². The van der Waals surface area contributed by atoms with Crippen molar-refractivity contribution in [3.8, 4) is 11.5 Å². The van der Waals surface area contributed by atoms with Gasteiger partial charge in [0.2, 0.25) is 0 Å². The summed E-state index contributed by atoms with van der Waals surface area (Å²) < 4.78 is 12.6. The van der Waals surface area contributed by atoms with Gasteiger partial charge in [-0.3, -0.25) is 9.69 Å². The van der Waals surface area contributed by atoms with E-state index < -0.39 is 0 Å². The molecule has 0 spiro atoms. The molecule has 2 rings (SSSR count). The summed E-state index contributed by atoms with van der Waals surface area (Å²) in [6.07, 6.45) is 1.86. The normalized spacial score (nSPS) is 16.4. The second-order valence-electron chi connectivity index (χ2n) is 5.65. The minimum atomic E-state index is -0.0263. The van der Waals surface area contributed by atoms with Crippen LogP contribution in [0.3, 0.4) is 0 Å². The van der Waals surface area contributed by atoms with Crippen molar-refractivity contribution in [3.63, 3.8) is 0 Å². The van der Waals surface area contributed by atoms with Gasteiger partial charge in [-0.05, 0) is 59.2 Å². The Labute approximate surface area is 166 Å². The average Bonchev–Trinajstić information content (AvgIpc) is 2.77. The summed E-state index contributed by atoms with van der Waals surface area (Å²) in [6, 6.07) is 3.85. The Morgan fingerprint density at radius 3 is 2.71 bits per heavy atom. The van der Waals surface area contributed by atoms with Crippen molar-refractivity contribution in [2.75, 3.05) is 20.3 Å². The monoisotopic (exact) mass is 477 g/mol. The average molecular weight is 477 g/mol. The minimum Gasteiger partial charge on any atom is -0.493 e. The number of halogens is 1. The first kappa shape index (κ1) is 19.5. The summed E-state index contributed by atoms with van der Waals surface area (Å²) in [5.74, 6) is 1.73. The van der Waals surface area contributed by atoms with Gasteiger partial charge in [-0.2, -0.15) is 0 Å². The van der Waals surface area contributed by atoms with E-state index in [1.807, 2.05) is 25.1 Å². The fourth-order valence-corrected chi connectivity index (χ4v) is 4.34. The summed E-state index contributed by atoms with van der Waals surface area (Å²) in [5.41, 5.74) is 0.893. The van der Waals surface area contributed by atoms with E-state index in [4.69, 9.17) is 21.7 Å². The molecule has 1 aliphatic heterocycles. The van der Waals surface area contributed by atoms with E-state index in [1.54, 1.807) is 12.0 Å². The van der Waals surface area contributed by atoms with E-state index in [9.17, 15) is 4.79 Å². The topological polar surface area (TPSA) is 38.8 Å². The van der Waals surface area contributed by atoms with Crippen molar-refractivity contribution < 1.29 is 14.3 Å². The highest BCUT2D eigenvalue weighted by molar-refractivity contribution is 14.1. The smallest absolute Gasteiger partial charge is 0.266 e. The minimum absolute atomic E-state index is 0.0263. The number of thiocarbonyl (C=S) groups is 1. The predicted octanol–water partition coefficient (Wildman–Crippen LogP) is 4.56. The summed E-state index contributed by atoms with van der Waals surface area (Å²) in [5, 5.41) is 0. The fraction of sp³-hybridized carbons (Fsp3) is 0.412. The van der Waals surface area contributed by atoms with Crippen molar-refractivity contribution >= 4 is 62.9 Å². The highest BCUT2D eigenvalue weighted by atomic mass is 127. The van der Waals surface area contributed by atoms with Gasteiger partial charge in [0, 0.05) is 6.54 Å². The highest BCUT2D eigenvalue weighted by Crippen LogP contribution is 2.37. The third kappa shape index (κ3) is 4.43.